The largest absolute Gasteiger partial charge is 0.433 e. The van der Waals surface area contributed by atoms with E-state index in [0.717, 1.165) is 0 Å². The number of rotatable bonds is 6. The molecule has 1 aromatic rings. The van der Waals surface area contributed by atoms with Crippen molar-refractivity contribution in [2.75, 3.05) is 20.3 Å². The van der Waals surface area contributed by atoms with E-state index in [1.807, 2.05) is 0 Å². The molecule has 7 heteroatoms. The quantitative estimate of drug-likeness (QED) is 0.620. The van der Waals surface area contributed by atoms with Gasteiger partial charge in [0.2, 0.25) is 18.0 Å². The molecule has 0 saturated carbocycles. The van der Waals surface area contributed by atoms with Gasteiger partial charge in [-0.1, -0.05) is 18.2 Å². The van der Waals surface area contributed by atoms with E-state index in [0.29, 0.717) is 37.1 Å². The smallest absolute Gasteiger partial charge is 0.340 e. The molecular weight excluding hydrogens is 312 g/mol. The van der Waals surface area contributed by atoms with E-state index >= 15 is 0 Å². The van der Waals surface area contributed by atoms with Crippen molar-refractivity contribution in [2.24, 2.45) is 0 Å². The third kappa shape index (κ3) is 2.99. The number of fused-ring (bicyclic) bond motifs is 1. The summed E-state index contributed by atoms with van der Waals surface area (Å²) in [5.74, 6) is -0.867. The normalized spacial score (nSPS) is 22.5. The topological polar surface area (TPSA) is 84.9 Å². The number of hydrogen-bond donors (Lipinski definition) is 1. The molecule has 2 heterocycles. The number of cyclic esters (lactones) is 1. The van der Waals surface area contributed by atoms with E-state index < -0.39 is 18.2 Å². The van der Waals surface area contributed by atoms with Gasteiger partial charge in [-0.15, -0.1) is 0 Å². The Bertz CT molecular complexity index is 660. The second-order valence-electron chi connectivity index (χ2n) is 5.84. The Balaban J connectivity index is 1.75. The van der Waals surface area contributed by atoms with E-state index in [1.165, 1.54) is 4.90 Å². The van der Waals surface area contributed by atoms with E-state index in [4.69, 9.17) is 9.47 Å². The highest BCUT2D eigenvalue weighted by Gasteiger charge is 2.46. The molecule has 0 aliphatic carbocycles. The second kappa shape index (κ2) is 7.00. The lowest BCUT2D eigenvalue weighted by molar-refractivity contribution is -0.145. The molecule has 1 aromatic carbocycles. The molecule has 1 saturated heterocycles. The third-order valence-electron chi connectivity index (χ3n) is 4.30. The van der Waals surface area contributed by atoms with Gasteiger partial charge in [0.1, 0.15) is 6.04 Å². The molecule has 2 aliphatic rings. The summed E-state index contributed by atoms with van der Waals surface area (Å²) >= 11 is 0. The molecular formula is C17H20N2O5. The zero-order valence-corrected chi connectivity index (χ0v) is 13.5. The van der Waals surface area contributed by atoms with Gasteiger partial charge in [-0.3, -0.25) is 14.5 Å². The van der Waals surface area contributed by atoms with Crippen LogP contribution in [0.3, 0.4) is 0 Å². The van der Waals surface area contributed by atoms with Crippen LogP contribution in [0.2, 0.25) is 0 Å². The van der Waals surface area contributed by atoms with Crippen molar-refractivity contribution < 1.29 is 23.9 Å². The minimum Gasteiger partial charge on any atom is -0.433 e. The van der Waals surface area contributed by atoms with Crippen LogP contribution in [0.4, 0.5) is 0 Å². The zero-order chi connectivity index (χ0) is 17.1. The molecule has 0 spiro atoms. The number of benzene rings is 1. The first-order valence-electron chi connectivity index (χ1n) is 8.01. The van der Waals surface area contributed by atoms with Crippen LogP contribution in [0, 0.1) is 0 Å². The van der Waals surface area contributed by atoms with Crippen molar-refractivity contribution in [3.8, 4) is 0 Å². The lowest BCUT2D eigenvalue weighted by atomic mass is 10.1. The van der Waals surface area contributed by atoms with Gasteiger partial charge in [0.05, 0.1) is 5.56 Å². The Labute approximate surface area is 139 Å². The maximum atomic E-state index is 12.4. The molecule has 2 aliphatic heterocycles. The number of nitrogens with one attached hydrogen (secondary N) is 1. The molecule has 2 amide bonds. The molecule has 24 heavy (non-hydrogen) atoms. The first kappa shape index (κ1) is 16.4. The number of methoxy groups -OCH3 is 1. The summed E-state index contributed by atoms with van der Waals surface area (Å²) in [4.78, 5) is 38.1. The van der Waals surface area contributed by atoms with Gasteiger partial charge >= 0.3 is 5.97 Å². The molecule has 2 atom stereocenters. The first-order chi connectivity index (χ1) is 11.6. The zero-order valence-electron chi connectivity index (χ0n) is 13.5. The Morgan fingerprint density at radius 2 is 2.17 bits per heavy atom. The van der Waals surface area contributed by atoms with Crippen LogP contribution >= 0.6 is 0 Å². The molecule has 0 radical (unpaired) electrons. The van der Waals surface area contributed by atoms with Crippen LogP contribution in [0.15, 0.2) is 24.3 Å². The molecule has 3 rings (SSSR count). The summed E-state index contributed by atoms with van der Waals surface area (Å²) in [6.45, 7) is 1.04. The second-order valence-corrected chi connectivity index (χ2v) is 5.84. The fraction of sp³-hybridized carbons (Fsp3) is 0.471. The summed E-state index contributed by atoms with van der Waals surface area (Å²) in [6.07, 6.45) is 0.570. The number of carbonyl (C=O) groups is 3. The SMILES string of the molecule is COCCCNC(=O)[C@@H]1CCC(=O)N1C1OC(=O)c2ccccc21. The van der Waals surface area contributed by atoms with Gasteiger partial charge in [-0.05, 0) is 18.9 Å². The van der Waals surface area contributed by atoms with Crippen LogP contribution in [-0.2, 0) is 19.1 Å². The summed E-state index contributed by atoms with van der Waals surface area (Å²) < 4.78 is 10.3. The lowest BCUT2D eigenvalue weighted by Gasteiger charge is -2.29. The minimum absolute atomic E-state index is 0.179. The van der Waals surface area contributed by atoms with Crippen molar-refractivity contribution in [1.29, 1.82) is 0 Å². The van der Waals surface area contributed by atoms with Gasteiger partial charge in [0.25, 0.3) is 0 Å². The summed E-state index contributed by atoms with van der Waals surface area (Å²) in [5, 5.41) is 2.82. The van der Waals surface area contributed by atoms with Crippen LogP contribution in [0.1, 0.15) is 41.4 Å². The Morgan fingerprint density at radius 3 is 2.96 bits per heavy atom. The molecule has 0 aromatic heterocycles. The van der Waals surface area contributed by atoms with Crippen molar-refractivity contribution in [3.05, 3.63) is 35.4 Å². The highest BCUT2D eigenvalue weighted by atomic mass is 16.6. The summed E-state index contributed by atoms with van der Waals surface area (Å²) in [5.41, 5.74) is 1.08. The third-order valence-corrected chi connectivity index (χ3v) is 4.30. The average molecular weight is 332 g/mol. The van der Waals surface area contributed by atoms with Crippen molar-refractivity contribution in [3.63, 3.8) is 0 Å². The van der Waals surface area contributed by atoms with Crippen molar-refractivity contribution in [1.82, 2.24) is 10.2 Å². The van der Waals surface area contributed by atoms with Crippen LogP contribution < -0.4 is 5.32 Å². The molecule has 1 fully saturated rings. The van der Waals surface area contributed by atoms with Gasteiger partial charge in [-0.2, -0.15) is 0 Å². The highest BCUT2D eigenvalue weighted by Crippen LogP contribution is 2.38. The minimum atomic E-state index is -0.821. The predicted octanol–water partition coefficient (Wildman–Crippen LogP) is 0.999. The van der Waals surface area contributed by atoms with Gasteiger partial charge in [0, 0.05) is 32.2 Å². The van der Waals surface area contributed by atoms with E-state index in [1.54, 1.807) is 31.4 Å². The fourth-order valence-corrected chi connectivity index (χ4v) is 3.13. The average Bonchev–Trinajstić information content (AvgIpc) is 3.12. The molecule has 0 bridgehead atoms. The van der Waals surface area contributed by atoms with Crippen molar-refractivity contribution in [2.45, 2.75) is 31.5 Å². The Hall–Kier alpha value is -2.41. The fourth-order valence-electron chi connectivity index (χ4n) is 3.13. The monoisotopic (exact) mass is 332 g/mol. The van der Waals surface area contributed by atoms with Crippen molar-refractivity contribution >= 4 is 17.8 Å². The maximum Gasteiger partial charge on any atom is 0.340 e. The summed E-state index contributed by atoms with van der Waals surface area (Å²) in [6, 6.07) is 6.33. The Morgan fingerprint density at radius 1 is 1.38 bits per heavy atom. The van der Waals surface area contributed by atoms with Crippen LogP contribution in [-0.4, -0.2) is 49.0 Å². The summed E-state index contributed by atoms with van der Waals surface area (Å²) in [7, 11) is 1.60. The number of hydrogen-bond acceptors (Lipinski definition) is 5. The van der Waals surface area contributed by atoms with Gasteiger partial charge in [-0.25, -0.2) is 4.79 Å². The number of ether oxygens (including phenoxy) is 2. The number of carbonyl (C=O) groups excluding carboxylic acids is 3. The molecule has 7 nitrogen and oxygen atoms in total. The van der Waals surface area contributed by atoms with E-state index in [-0.39, 0.29) is 18.2 Å². The number of esters is 1. The standard InChI is InChI=1S/C17H20N2O5/c1-23-10-4-9-18-15(21)13-7-8-14(20)19(13)16-11-5-2-3-6-12(11)17(22)24-16/h2-3,5-6,13,16H,4,7-10H2,1H3,(H,18,21)/t13-,16?/m0/s1. The molecule has 1 unspecified atom stereocenters. The maximum absolute atomic E-state index is 12.4. The molecule has 128 valence electrons. The van der Waals surface area contributed by atoms with Gasteiger partial charge in [0.15, 0.2) is 0 Å². The number of nitrogens with zero attached hydrogens (tertiary/aromatic N) is 1. The van der Waals surface area contributed by atoms with E-state index in [2.05, 4.69) is 5.32 Å². The first-order valence-corrected chi connectivity index (χ1v) is 8.01. The predicted molar refractivity (Wildman–Crippen MR) is 84.0 cm³/mol. The Kier molecular flexibility index (Phi) is 4.80. The number of likely N-dealkylation sites (tertiary alicyclic amines) is 1. The lowest BCUT2D eigenvalue weighted by Crippen LogP contribution is -2.46. The number of amides is 2. The molecule has 1 N–H and O–H groups in total. The highest BCUT2D eigenvalue weighted by molar-refractivity contribution is 5.96. The van der Waals surface area contributed by atoms with Crippen LogP contribution in [0.25, 0.3) is 0 Å². The van der Waals surface area contributed by atoms with Crippen LogP contribution in [0.5, 0.6) is 0 Å². The van der Waals surface area contributed by atoms with E-state index in [9.17, 15) is 14.4 Å². The van der Waals surface area contributed by atoms with Gasteiger partial charge < -0.3 is 14.8 Å².